The molecule has 2 aromatic heterocycles. The highest BCUT2D eigenvalue weighted by atomic mass is 19.4. The van der Waals surface area contributed by atoms with E-state index in [1.807, 2.05) is 23.6 Å². The molecule has 1 aromatic carbocycles. The average Bonchev–Trinajstić information content (AvgIpc) is 3.22. The molecule has 1 amide bonds. The smallest absolute Gasteiger partial charge is 0.339 e. The Morgan fingerprint density at radius 3 is 2.58 bits per heavy atom. The van der Waals surface area contributed by atoms with Crippen LogP contribution in [0.3, 0.4) is 0 Å². The molecule has 0 aliphatic carbocycles. The van der Waals surface area contributed by atoms with E-state index in [1.165, 1.54) is 16.8 Å². The highest BCUT2D eigenvalue weighted by Crippen LogP contribution is 2.32. The van der Waals surface area contributed by atoms with Gasteiger partial charge in [-0.05, 0) is 24.6 Å². The number of anilines is 1. The summed E-state index contributed by atoms with van der Waals surface area (Å²) in [4.78, 5) is 24.9. The van der Waals surface area contributed by atoms with E-state index >= 15 is 0 Å². The number of hydrogen-bond acceptors (Lipinski definition) is 5. The van der Waals surface area contributed by atoms with Gasteiger partial charge in [0.2, 0.25) is 11.9 Å². The minimum atomic E-state index is -4.43. The molecule has 164 valence electrons. The van der Waals surface area contributed by atoms with Gasteiger partial charge in [0, 0.05) is 43.9 Å². The van der Waals surface area contributed by atoms with Gasteiger partial charge in [-0.25, -0.2) is 4.98 Å². The van der Waals surface area contributed by atoms with Crippen molar-refractivity contribution in [3.8, 4) is 11.3 Å². The minimum absolute atomic E-state index is 0.000844. The highest BCUT2D eigenvalue weighted by molar-refractivity contribution is 5.78. The Hall–Kier alpha value is -3.17. The van der Waals surface area contributed by atoms with Crippen molar-refractivity contribution in [1.29, 1.82) is 0 Å². The van der Waals surface area contributed by atoms with E-state index in [-0.39, 0.29) is 11.8 Å². The van der Waals surface area contributed by atoms with Crippen LogP contribution >= 0.6 is 0 Å². The van der Waals surface area contributed by atoms with E-state index in [0.29, 0.717) is 49.2 Å². The number of aromatic nitrogens is 4. The fraction of sp³-hybridized carbons (Fsp3) is 0.429. The first-order valence-corrected chi connectivity index (χ1v) is 10.2. The van der Waals surface area contributed by atoms with Crippen LogP contribution in [0.25, 0.3) is 17.0 Å². The monoisotopic (exact) mass is 432 g/mol. The lowest BCUT2D eigenvalue weighted by molar-refractivity contribution is -0.137. The maximum Gasteiger partial charge on any atom is 0.416 e. The summed E-state index contributed by atoms with van der Waals surface area (Å²) in [5.74, 6) is 0.906. The molecular weight excluding hydrogens is 409 g/mol. The van der Waals surface area contributed by atoms with Gasteiger partial charge < -0.3 is 9.80 Å². The quantitative estimate of drug-likeness (QED) is 0.631. The first-order valence-electron chi connectivity index (χ1n) is 10.2. The number of hydrogen-bond donors (Lipinski definition) is 0. The minimum Gasteiger partial charge on any atom is -0.339 e. The zero-order valence-corrected chi connectivity index (χ0v) is 17.3. The number of nitrogens with zero attached hydrogens (tertiary/aromatic N) is 6. The largest absolute Gasteiger partial charge is 0.416 e. The van der Waals surface area contributed by atoms with Crippen molar-refractivity contribution in [3.05, 3.63) is 42.1 Å². The topological polar surface area (TPSA) is 66.6 Å². The number of carbonyl (C=O) groups excluding carboxylic acids is 1. The van der Waals surface area contributed by atoms with Gasteiger partial charge in [-0.2, -0.15) is 22.7 Å². The Bertz CT molecular complexity index is 1090. The number of alkyl halides is 3. The average molecular weight is 432 g/mol. The second-order valence-electron chi connectivity index (χ2n) is 7.65. The van der Waals surface area contributed by atoms with E-state index in [2.05, 4.69) is 15.1 Å². The van der Waals surface area contributed by atoms with Gasteiger partial charge in [0.25, 0.3) is 5.78 Å². The fourth-order valence-corrected chi connectivity index (χ4v) is 3.60. The third-order valence-electron chi connectivity index (χ3n) is 5.62. The van der Waals surface area contributed by atoms with Crippen molar-refractivity contribution < 1.29 is 18.0 Å². The summed E-state index contributed by atoms with van der Waals surface area (Å²) in [6.45, 7) is 6.24. The van der Waals surface area contributed by atoms with E-state index in [1.54, 1.807) is 12.1 Å². The van der Waals surface area contributed by atoms with Crippen molar-refractivity contribution in [1.82, 2.24) is 24.5 Å². The van der Waals surface area contributed by atoms with E-state index < -0.39 is 11.7 Å². The summed E-state index contributed by atoms with van der Waals surface area (Å²) in [6.07, 6.45) is -2.12. The second kappa shape index (κ2) is 8.16. The van der Waals surface area contributed by atoms with E-state index in [4.69, 9.17) is 0 Å². The van der Waals surface area contributed by atoms with Crippen LogP contribution in [-0.2, 0) is 11.0 Å². The molecule has 0 saturated carbocycles. The van der Waals surface area contributed by atoms with Gasteiger partial charge in [0.15, 0.2) is 0 Å². The summed E-state index contributed by atoms with van der Waals surface area (Å²) in [5.41, 5.74) is 0.125. The van der Waals surface area contributed by atoms with Gasteiger partial charge in [-0.3, -0.25) is 4.79 Å². The Balaban J connectivity index is 1.59. The number of piperazine rings is 1. The maximum atomic E-state index is 13.1. The van der Waals surface area contributed by atoms with E-state index in [0.717, 1.165) is 18.6 Å². The van der Waals surface area contributed by atoms with Crippen LogP contribution in [0.2, 0.25) is 0 Å². The van der Waals surface area contributed by atoms with E-state index in [9.17, 15) is 18.0 Å². The third kappa shape index (κ3) is 4.19. The van der Waals surface area contributed by atoms with Crippen molar-refractivity contribution in [2.75, 3.05) is 31.1 Å². The molecule has 7 nitrogen and oxygen atoms in total. The van der Waals surface area contributed by atoms with Gasteiger partial charge in [-0.1, -0.05) is 26.0 Å². The predicted molar refractivity (Wildman–Crippen MR) is 109 cm³/mol. The molecule has 1 fully saturated rings. The maximum absolute atomic E-state index is 13.1. The van der Waals surface area contributed by atoms with Crippen LogP contribution in [0.5, 0.6) is 0 Å². The molecule has 1 aliphatic rings. The summed E-state index contributed by atoms with van der Waals surface area (Å²) in [5, 5.41) is 4.51. The molecule has 1 saturated heterocycles. The zero-order chi connectivity index (χ0) is 22.2. The Kier molecular flexibility index (Phi) is 5.55. The molecule has 0 spiro atoms. The fourth-order valence-electron chi connectivity index (χ4n) is 3.60. The van der Waals surface area contributed by atoms with Crippen molar-refractivity contribution >= 4 is 17.6 Å². The van der Waals surface area contributed by atoms with Crippen LogP contribution in [0.15, 0.2) is 36.5 Å². The molecule has 3 aromatic rings. The zero-order valence-electron chi connectivity index (χ0n) is 17.3. The van der Waals surface area contributed by atoms with Crippen LogP contribution < -0.4 is 4.90 Å². The van der Waals surface area contributed by atoms with Gasteiger partial charge in [-0.15, -0.1) is 5.10 Å². The predicted octanol–water partition coefficient (Wildman–Crippen LogP) is 3.50. The molecule has 1 aliphatic heterocycles. The molecule has 10 heteroatoms. The molecule has 0 unspecified atom stereocenters. The third-order valence-corrected chi connectivity index (χ3v) is 5.62. The lowest BCUT2D eigenvalue weighted by Crippen LogP contribution is -2.50. The number of fused-ring (bicyclic) bond motifs is 1. The molecule has 1 atom stereocenters. The first-order chi connectivity index (χ1) is 14.8. The van der Waals surface area contributed by atoms with Crippen LogP contribution in [0.1, 0.15) is 25.8 Å². The lowest BCUT2D eigenvalue weighted by Gasteiger charge is -2.35. The molecular formula is C21H23F3N6O. The normalized spacial score (nSPS) is 16.0. The molecule has 31 heavy (non-hydrogen) atoms. The summed E-state index contributed by atoms with van der Waals surface area (Å²) in [7, 11) is 0. The number of benzene rings is 1. The van der Waals surface area contributed by atoms with Crippen LogP contribution in [0, 0.1) is 5.92 Å². The number of carbonyl (C=O) groups is 1. The number of amides is 1. The lowest BCUT2D eigenvalue weighted by atomic mass is 10.1. The highest BCUT2D eigenvalue weighted by Gasteiger charge is 2.31. The summed E-state index contributed by atoms with van der Waals surface area (Å²) < 4.78 is 40.8. The van der Waals surface area contributed by atoms with Crippen molar-refractivity contribution in [2.24, 2.45) is 5.92 Å². The molecule has 4 rings (SSSR count). The molecule has 3 heterocycles. The Labute approximate surface area is 177 Å². The standard InChI is InChI=1S/C21H23F3N6O/c1-3-14(2)18(31)28-9-11-29(12-10-28)20-26-19-25-8-7-17(30(19)27-20)15-5-4-6-16(13-15)21(22,23)24/h4-8,13-14H,3,9-12H2,1-2H3/t14-/m0/s1. The van der Waals surface area contributed by atoms with Crippen LogP contribution in [0.4, 0.5) is 19.1 Å². The molecule has 0 radical (unpaired) electrons. The van der Waals surface area contributed by atoms with Crippen molar-refractivity contribution in [2.45, 2.75) is 26.4 Å². The Morgan fingerprint density at radius 1 is 1.16 bits per heavy atom. The number of halogens is 3. The first kappa shape index (κ1) is 21.1. The number of rotatable bonds is 4. The summed E-state index contributed by atoms with van der Waals surface area (Å²) in [6, 6.07) is 6.72. The molecule has 0 N–H and O–H groups in total. The van der Waals surface area contributed by atoms with Crippen LogP contribution in [-0.4, -0.2) is 56.6 Å². The second-order valence-corrected chi connectivity index (χ2v) is 7.65. The Morgan fingerprint density at radius 2 is 1.90 bits per heavy atom. The SMILES string of the molecule is CC[C@H](C)C(=O)N1CCN(c2nc3nccc(-c4cccc(C(F)(F)F)c4)n3n2)CC1. The molecule has 0 bridgehead atoms. The van der Waals surface area contributed by atoms with Gasteiger partial charge >= 0.3 is 6.18 Å². The van der Waals surface area contributed by atoms with Crippen molar-refractivity contribution in [3.63, 3.8) is 0 Å². The summed E-state index contributed by atoms with van der Waals surface area (Å²) >= 11 is 0. The van der Waals surface area contributed by atoms with Gasteiger partial charge in [0.1, 0.15) is 0 Å². The van der Waals surface area contributed by atoms with Gasteiger partial charge in [0.05, 0.1) is 11.3 Å².